The minimum absolute atomic E-state index is 0.457. The SMILES string of the molecule is CCOc1cc(CNc2ncn[nH]2)c(Cl)cc1OCc1ccccc1C. The van der Waals surface area contributed by atoms with Crippen LogP contribution < -0.4 is 14.8 Å². The van der Waals surface area contributed by atoms with Gasteiger partial charge in [0.2, 0.25) is 5.95 Å². The van der Waals surface area contributed by atoms with Crippen LogP contribution in [-0.2, 0) is 13.2 Å². The van der Waals surface area contributed by atoms with Crippen molar-refractivity contribution in [3.05, 3.63) is 64.4 Å². The van der Waals surface area contributed by atoms with Gasteiger partial charge in [0.25, 0.3) is 0 Å². The van der Waals surface area contributed by atoms with Gasteiger partial charge in [-0.25, -0.2) is 10.1 Å². The van der Waals surface area contributed by atoms with E-state index in [-0.39, 0.29) is 0 Å². The Kier molecular flexibility index (Phi) is 5.96. The Labute approximate surface area is 157 Å². The van der Waals surface area contributed by atoms with Crippen molar-refractivity contribution in [1.82, 2.24) is 15.2 Å². The first kappa shape index (κ1) is 18.1. The van der Waals surface area contributed by atoms with Crippen LogP contribution in [0.4, 0.5) is 5.95 Å². The first-order valence-electron chi connectivity index (χ1n) is 8.39. The van der Waals surface area contributed by atoms with E-state index >= 15 is 0 Å². The average molecular weight is 373 g/mol. The third kappa shape index (κ3) is 4.46. The molecule has 6 nitrogen and oxygen atoms in total. The second-order valence-electron chi connectivity index (χ2n) is 5.73. The molecule has 2 aromatic carbocycles. The number of aryl methyl sites for hydroxylation is 1. The second kappa shape index (κ2) is 8.58. The van der Waals surface area contributed by atoms with Crippen LogP contribution in [0, 0.1) is 6.92 Å². The molecule has 1 aromatic heterocycles. The number of ether oxygens (including phenoxy) is 2. The van der Waals surface area contributed by atoms with Crippen molar-refractivity contribution in [2.45, 2.75) is 27.0 Å². The summed E-state index contributed by atoms with van der Waals surface area (Å²) in [6, 6.07) is 11.8. The molecule has 136 valence electrons. The Morgan fingerprint density at radius 1 is 1.12 bits per heavy atom. The molecule has 0 saturated heterocycles. The Hall–Kier alpha value is -2.73. The highest BCUT2D eigenvalue weighted by atomic mass is 35.5. The molecule has 0 unspecified atom stereocenters. The van der Waals surface area contributed by atoms with Gasteiger partial charge in [0.05, 0.1) is 6.61 Å². The zero-order valence-corrected chi connectivity index (χ0v) is 15.5. The number of anilines is 1. The summed E-state index contributed by atoms with van der Waals surface area (Å²) in [6.07, 6.45) is 1.44. The molecule has 0 radical (unpaired) electrons. The average Bonchev–Trinajstić information content (AvgIpc) is 3.15. The fourth-order valence-electron chi connectivity index (χ4n) is 2.49. The van der Waals surface area contributed by atoms with Crippen molar-refractivity contribution in [2.24, 2.45) is 0 Å². The lowest BCUT2D eigenvalue weighted by molar-refractivity contribution is 0.268. The number of hydrogen-bond acceptors (Lipinski definition) is 5. The van der Waals surface area contributed by atoms with Crippen LogP contribution in [0.15, 0.2) is 42.7 Å². The van der Waals surface area contributed by atoms with Gasteiger partial charge in [-0.1, -0.05) is 35.9 Å². The van der Waals surface area contributed by atoms with Crippen molar-refractivity contribution in [1.29, 1.82) is 0 Å². The van der Waals surface area contributed by atoms with Crippen LogP contribution in [0.5, 0.6) is 11.5 Å². The van der Waals surface area contributed by atoms with Crippen molar-refractivity contribution in [3.8, 4) is 11.5 Å². The van der Waals surface area contributed by atoms with Crippen molar-refractivity contribution in [2.75, 3.05) is 11.9 Å². The fraction of sp³-hybridized carbons (Fsp3) is 0.263. The summed E-state index contributed by atoms with van der Waals surface area (Å²) < 4.78 is 11.7. The summed E-state index contributed by atoms with van der Waals surface area (Å²) in [5, 5.41) is 10.3. The molecule has 0 saturated carbocycles. The van der Waals surface area contributed by atoms with Gasteiger partial charge in [-0.2, -0.15) is 5.10 Å². The summed E-state index contributed by atoms with van der Waals surface area (Å²) in [6.45, 7) is 5.49. The molecule has 1 heterocycles. The van der Waals surface area contributed by atoms with E-state index in [1.54, 1.807) is 6.07 Å². The van der Waals surface area contributed by atoms with Crippen LogP contribution in [-0.4, -0.2) is 21.8 Å². The van der Waals surface area contributed by atoms with Crippen LogP contribution in [0.3, 0.4) is 0 Å². The highest BCUT2D eigenvalue weighted by molar-refractivity contribution is 6.31. The van der Waals surface area contributed by atoms with Crippen molar-refractivity contribution >= 4 is 17.5 Å². The van der Waals surface area contributed by atoms with Gasteiger partial charge in [-0.3, -0.25) is 0 Å². The Balaban J connectivity index is 1.76. The molecule has 0 spiro atoms. The van der Waals surface area contributed by atoms with Crippen molar-refractivity contribution < 1.29 is 9.47 Å². The predicted molar refractivity (Wildman–Crippen MR) is 102 cm³/mol. The zero-order chi connectivity index (χ0) is 18.4. The summed E-state index contributed by atoms with van der Waals surface area (Å²) in [5.74, 6) is 1.88. The number of benzene rings is 2. The van der Waals surface area contributed by atoms with Gasteiger partial charge in [0, 0.05) is 17.6 Å². The van der Waals surface area contributed by atoms with Crippen LogP contribution in [0.1, 0.15) is 23.6 Å². The lowest BCUT2D eigenvalue weighted by Gasteiger charge is -2.16. The molecule has 0 aliphatic heterocycles. The van der Waals surface area contributed by atoms with E-state index in [0.29, 0.717) is 42.2 Å². The molecule has 0 amide bonds. The van der Waals surface area contributed by atoms with E-state index < -0.39 is 0 Å². The maximum atomic E-state index is 6.43. The number of aromatic nitrogens is 3. The minimum Gasteiger partial charge on any atom is -0.490 e. The number of halogens is 1. The van der Waals surface area contributed by atoms with Crippen molar-refractivity contribution in [3.63, 3.8) is 0 Å². The maximum Gasteiger partial charge on any atom is 0.218 e. The number of H-pyrrole nitrogens is 1. The van der Waals surface area contributed by atoms with E-state index in [1.807, 2.05) is 31.2 Å². The molecular weight excluding hydrogens is 352 g/mol. The fourth-order valence-corrected chi connectivity index (χ4v) is 2.71. The lowest BCUT2D eigenvalue weighted by atomic mass is 10.1. The summed E-state index contributed by atoms with van der Waals surface area (Å²) in [7, 11) is 0. The highest BCUT2D eigenvalue weighted by Crippen LogP contribution is 2.34. The van der Waals surface area contributed by atoms with E-state index in [9.17, 15) is 0 Å². The van der Waals surface area contributed by atoms with E-state index in [1.165, 1.54) is 11.9 Å². The summed E-state index contributed by atoms with van der Waals surface area (Å²) in [4.78, 5) is 4.03. The predicted octanol–water partition coefficient (Wildman–Crippen LogP) is 4.36. The number of nitrogens with zero attached hydrogens (tertiary/aromatic N) is 2. The molecule has 3 aromatic rings. The number of hydrogen-bond donors (Lipinski definition) is 2. The number of nitrogens with one attached hydrogen (secondary N) is 2. The lowest BCUT2D eigenvalue weighted by Crippen LogP contribution is -2.05. The first-order chi connectivity index (χ1) is 12.7. The van der Waals surface area contributed by atoms with E-state index in [2.05, 4.69) is 33.5 Å². The molecule has 3 rings (SSSR count). The standard InChI is InChI=1S/C19H21ClN4O2/c1-3-25-17-8-15(10-21-19-22-12-23-24-19)16(20)9-18(17)26-11-14-7-5-4-6-13(14)2/h4-9,12H,3,10-11H2,1-2H3,(H2,21,22,23,24). The number of aromatic amines is 1. The topological polar surface area (TPSA) is 72.1 Å². The third-order valence-corrected chi connectivity index (χ3v) is 4.27. The molecule has 0 bridgehead atoms. The second-order valence-corrected chi connectivity index (χ2v) is 6.13. The minimum atomic E-state index is 0.457. The monoisotopic (exact) mass is 372 g/mol. The van der Waals surface area contributed by atoms with E-state index in [4.69, 9.17) is 21.1 Å². The van der Waals surface area contributed by atoms with Gasteiger partial charge in [-0.05, 0) is 36.6 Å². The molecule has 2 N–H and O–H groups in total. The first-order valence-corrected chi connectivity index (χ1v) is 8.77. The third-order valence-electron chi connectivity index (χ3n) is 3.92. The molecule has 0 aliphatic carbocycles. The molecule has 26 heavy (non-hydrogen) atoms. The quantitative estimate of drug-likeness (QED) is 0.614. The summed E-state index contributed by atoms with van der Waals surface area (Å²) in [5.41, 5.74) is 3.20. The van der Waals surface area contributed by atoms with Gasteiger partial charge < -0.3 is 14.8 Å². The maximum absolute atomic E-state index is 6.43. The summed E-state index contributed by atoms with van der Waals surface area (Å²) >= 11 is 6.43. The van der Waals surface area contributed by atoms with Gasteiger partial charge >= 0.3 is 0 Å². The molecule has 0 atom stereocenters. The van der Waals surface area contributed by atoms with Crippen LogP contribution in [0.25, 0.3) is 0 Å². The smallest absolute Gasteiger partial charge is 0.218 e. The normalized spacial score (nSPS) is 10.6. The molecule has 0 aliphatic rings. The largest absolute Gasteiger partial charge is 0.490 e. The van der Waals surface area contributed by atoms with Crippen LogP contribution >= 0.6 is 11.6 Å². The Morgan fingerprint density at radius 2 is 1.92 bits per heavy atom. The van der Waals surface area contributed by atoms with Gasteiger partial charge in [-0.15, -0.1) is 0 Å². The van der Waals surface area contributed by atoms with Crippen LogP contribution in [0.2, 0.25) is 5.02 Å². The zero-order valence-electron chi connectivity index (χ0n) is 14.8. The Bertz CT molecular complexity index is 853. The van der Waals surface area contributed by atoms with Gasteiger partial charge in [0.15, 0.2) is 11.5 Å². The van der Waals surface area contributed by atoms with Gasteiger partial charge in [0.1, 0.15) is 12.9 Å². The molecule has 0 fully saturated rings. The van der Waals surface area contributed by atoms with E-state index in [0.717, 1.165) is 11.1 Å². The Morgan fingerprint density at radius 3 is 2.65 bits per heavy atom. The number of rotatable bonds is 8. The highest BCUT2D eigenvalue weighted by Gasteiger charge is 2.12. The molecule has 7 heteroatoms. The molecular formula is C19H21ClN4O2.